The first-order valence-electron chi connectivity index (χ1n) is 7.27. The number of nitriles is 1. The molecule has 0 fully saturated rings. The number of ether oxygens (including phenoxy) is 1. The normalized spacial score (nSPS) is 12.2. The van der Waals surface area contributed by atoms with Gasteiger partial charge in [0.25, 0.3) is 0 Å². The number of hydrogen-bond acceptors (Lipinski definition) is 4. The molecule has 0 saturated heterocycles. The van der Waals surface area contributed by atoms with Crippen LogP contribution in [0.3, 0.4) is 0 Å². The van der Waals surface area contributed by atoms with Crippen molar-refractivity contribution in [3.63, 3.8) is 0 Å². The van der Waals surface area contributed by atoms with Crippen molar-refractivity contribution < 1.29 is 9.84 Å². The molecule has 0 bridgehead atoms. The summed E-state index contributed by atoms with van der Waals surface area (Å²) in [4.78, 5) is 2.14. The van der Waals surface area contributed by atoms with Crippen LogP contribution in [0.2, 0.25) is 0 Å². The van der Waals surface area contributed by atoms with Crippen LogP contribution in [0.15, 0.2) is 18.2 Å². The third kappa shape index (κ3) is 4.14. The molecule has 110 valence electrons. The molecule has 0 aliphatic carbocycles. The van der Waals surface area contributed by atoms with Gasteiger partial charge in [-0.1, -0.05) is 26.3 Å². The lowest BCUT2D eigenvalue weighted by atomic mass is 10.1. The molecule has 0 aliphatic heterocycles. The largest absolute Gasteiger partial charge is 0.504 e. The van der Waals surface area contributed by atoms with Crippen LogP contribution >= 0.6 is 0 Å². The Morgan fingerprint density at radius 2 is 2.10 bits per heavy atom. The number of phenols is 1. The van der Waals surface area contributed by atoms with Crippen LogP contribution in [0.1, 0.15) is 45.2 Å². The molecule has 20 heavy (non-hydrogen) atoms. The van der Waals surface area contributed by atoms with E-state index < -0.39 is 0 Å². The number of unbranched alkanes of at least 4 members (excludes halogenated alkanes) is 1. The first kappa shape index (κ1) is 16.3. The highest BCUT2D eigenvalue weighted by Crippen LogP contribution is 2.31. The summed E-state index contributed by atoms with van der Waals surface area (Å²) in [5.74, 6) is 0.556. The van der Waals surface area contributed by atoms with Crippen LogP contribution < -0.4 is 4.74 Å². The van der Waals surface area contributed by atoms with E-state index in [1.807, 2.05) is 6.92 Å². The second-order valence-electron chi connectivity index (χ2n) is 4.67. The van der Waals surface area contributed by atoms with E-state index in [1.165, 1.54) is 0 Å². The molecule has 1 aromatic rings. The number of benzene rings is 1. The minimum Gasteiger partial charge on any atom is -0.504 e. The van der Waals surface area contributed by atoms with E-state index in [2.05, 4.69) is 24.8 Å². The van der Waals surface area contributed by atoms with Gasteiger partial charge in [-0.15, -0.1) is 0 Å². The molecular weight excluding hydrogens is 252 g/mol. The SMILES string of the molecule is CCCCN(CC)C(C#N)c1ccc(O)c(OCC)c1. The number of aromatic hydroxyl groups is 1. The average molecular weight is 276 g/mol. The molecule has 1 unspecified atom stereocenters. The van der Waals surface area contributed by atoms with Crippen molar-refractivity contribution in [2.75, 3.05) is 19.7 Å². The van der Waals surface area contributed by atoms with Crippen LogP contribution in [0, 0.1) is 11.3 Å². The smallest absolute Gasteiger partial charge is 0.161 e. The zero-order chi connectivity index (χ0) is 15.0. The number of phenolic OH excluding ortho intramolecular Hbond substituents is 1. The Labute approximate surface area is 121 Å². The fourth-order valence-electron chi connectivity index (χ4n) is 2.17. The molecule has 4 nitrogen and oxygen atoms in total. The van der Waals surface area contributed by atoms with E-state index in [-0.39, 0.29) is 11.8 Å². The molecule has 1 rings (SSSR count). The second-order valence-corrected chi connectivity index (χ2v) is 4.67. The van der Waals surface area contributed by atoms with Crippen LogP contribution in [-0.2, 0) is 0 Å². The highest BCUT2D eigenvalue weighted by molar-refractivity contribution is 5.43. The topological polar surface area (TPSA) is 56.5 Å². The first-order chi connectivity index (χ1) is 9.67. The monoisotopic (exact) mass is 276 g/mol. The van der Waals surface area contributed by atoms with Crippen molar-refractivity contribution in [2.24, 2.45) is 0 Å². The van der Waals surface area contributed by atoms with Gasteiger partial charge in [0.15, 0.2) is 11.5 Å². The van der Waals surface area contributed by atoms with Gasteiger partial charge in [-0.05, 0) is 44.1 Å². The summed E-state index contributed by atoms with van der Waals surface area (Å²) in [5.41, 5.74) is 0.867. The summed E-state index contributed by atoms with van der Waals surface area (Å²) >= 11 is 0. The summed E-state index contributed by atoms with van der Waals surface area (Å²) < 4.78 is 5.39. The Morgan fingerprint density at radius 3 is 2.65 bits per heavy atom. The zero-order valence-corrected chi connectivity index (χ0v) is 12.6. The predicted molar refractivity (Wildman–Crippen MR) is 79.8 cm³/mol. The molecule has 0 heterocycles. The van der Waals surface area contributed by atoms with E-state index in [1.54, 1.807) is 18.2 Å². The van der Waals surface area contributed by atoms with Crippen molar-refractivity contribution in [1.82, 2.24) is 4.90 Å². The van der Waals surface area contributed by atoms with Gasteiger partial charge in [-0.3, -0.25) is 4.90 Å². The third-order valence-electron chi connectivity index (χ3n) is 3.29. The Kier molecular flexibility index (Phi) is 6.89. The average Bonchev–Trinajstić information content (AvgIpc) is 2.46. The molecule has 0 spiro atoms. The maximum absolute atomic E-state index is 9.74. The maximum Gasteiger partial charge on any atom is 0.161 e. The Bertz CT molecular complexity index is 454. The van der Waals surface area contributed by atoms with Crippen LogP contribution in [0.5, 0.6) is 11.5 Å². The molecule has 0 amide bonds. The molecule has 4 heteroatoms. The number of hydrogen-bond donors (Lipinski definition) is 1. The minimum absolute atomic E-state index is 0.115. The van der Waals surface area contributed by atoms with Crippen LogP contribution in [-0.4, -0.2) is 29.7 Å². The highest BCUT2D eigenvalue weighted by Gasteiger charge is 2.19. The zero-order valence-electron chi connectivity index (χ0n) is 12.6. The van der Waals surface area contributed by atoms with Crippen molar-refractivity contribution in [3.05, 3.63) is 23.8 Å². The van der Waals surface area contributed by atoms with E-state index >= 15 is 0 Å². The lowest BCUT2D eigenvalue weighted by Gasteiger charge is -2.26. The van der Waals surface area contributed by atoms with Gasteiger partial charge < -0.3 is 9.84 Å². The standard InChI is InChI=1S/C16H24N2O2/c1-4-7-10-18(5-2)14(12-17)13-8-9-15(19)16(11-13)20-6-3/h8-9,11,14,19H,4-7,10H2,1-3H3. The fourth-order valence-corrected chi connectivity index (χ4v) is 2.17. The summed E-state index contributed by atoms with van der Waals surface area (Å²) in [7, 11) is 0. The van der Waals surface area contributed by atoms with Gasteiger partial charge >= 0.3 is 0 Å². The van der Waals surface area contributed by atoms with Crippen molar-refractivity contribution in [3.8, 4) is 17.6 Å². The summed E-state index contributed by atoms with van der Waals surface area (Å²) in [6, 6.07) is 7.21. The van der Waals surface area contributed by atoms with Crippen molar-refractivity contribution in [2.45, 2.75) is 39.7 Å². The first-order valence-corrected chi connectivity index (χ1v) is 7.27. The molecule has 0 aliphatic rings. The molecule has 0 radical (unpaired) electrons. The Balaban J connectivity index is 2.99. The molecule has 0 aromatic heterocycles. The molecule has 0 saturated carbocycles. The summed E-state index contributed by atoms with van der Waals surface area (Å²) in [6.07, 6.45) is 2.18. The number of rotatable bonds is 8. The van der Waals surface area contributed by atoms with Crippen LogP contribution in [0.25, 0.3) is 0 Å². The minimum atomic E-state index is -0.300. The fraction of sp³-hybridized carbons (Fsp3) is 0.562. The lowest BCUT2D eigenvalue weighted by molar-refractivity contribution is 0.243. The predicted octanol–water partition coefficient (Wildman–Crippen LogP) is 3.48. The van der Waals surface area contributed by atoms with Gasteiger partial charge in [-0.2, -0.15) is 5.26 Å². The van der Waals surface area contributed by atoms with E-state index in [9.17, 15) is 10.4 Å². The van der Waals surface area contributed by atoms with Gasteiger partial charge in [0.2, 0.25) is 0 Å². The molecule has 1 aromatic carbocycles. The highest BCUT2D eigenvalue weighted by atomic mass is 16.5. The van der Waals surface area contributed by atoms with Crippen molar-refractivity contribution >= 4 is 0 Å². The molecule has 1 N–H and O–H groups in total. The maximum atomic E-state index is 9.74. The summed E-state index contributed by atoms with van der Waals surface area (Å²) in [6.45, 7) is 8.28. The third-order valence-corrected chi connectivity index (χ3v) is 3.29. The van der Waals surface area contributed by atoms with Crippen molar-refractivity contribution in [1.29, 1.82) is 5.26 Å². The Hall–Kier alpha value is -1.73. The Morgan fingerprint density at radius 1 is 1.35 bits per heavy atom. The van der Waals surface area contributed by atoms with E-state index in [0.29, 0.717) is 12.4 Å². The lowest BCUT2D eigenvalue weighted by Crippen LogP contribution is -2.28. The van der Waals surface area contributed by atoms with E-state index in [0.717, 1.165) is 31.5 Å². The number of nitrogens with zero attached hydrogens (tertiary/aromatic N) is 2. The molecular formula is C16H24N2O2. The molecule has 1 atom stereocenters. The quantitative estimate of drug-likeness (QED) is 0.789. The van der Waals surface area contributed by atoms with Gasteiger partial charge in [-0.25, -0.2) is 0 Å². The summed E-state index contributed by atoms with van der Waals surface area (Å²) in [5, 5.41) is 19.2. The van der Waals surface area contributed by atoms with Crippen LogP contribution in [0.4, 0.5) is 0 Å². The van der Waals surface area contributed by atoms with E-state index in [4.69, 9.17) is 4.74 Å². The van der Waals surface area contributed by atoms with Gasteiger partial charge in [0.1, 0.15) is 6.04 Å². The van der Waals surface area contributed by atoms with Gasteiger partial charge in [0.05, 0.1) is 12.7 Å². The van der Waals surface area contributed by atoms with Gasteiger partial charge in [0, 0.05) is 0 Å². The second kappa shape index (κ2) is 8.44.